The van der Waals surface area contributed by atoms with Crippen LogP contribution in [0.5, 0.6) is 0 Å². The highest BCUT2D eigenvalue weighted by Crippen LogP contribution is 2.38. The molecule has 1 atom stereocenters. The summed E-state index contributed by atoms with van der Waals surface area (Å²) in [5.41, 5.74) is 0. The molecular weight excluding hydrogens is 232 g/mol. The zero-order valence-corrected chi connectivity index (χ0v) is 14.6. The van der Waals surface area contributed by atoms with Gasteiger partial charge in [0.25, 0.3) is 0 Å². The van der Waals surface area contributed by atoms with Gasteiger partial charge >= 0.3 is 8.64 Å². The lowest BCUT2D eigenvalue weighted by atomic mass is 10.3. The lowest BCUT2D eigenvalue weighted by molar-refractivity contribution is 0.294. The van der Waals surface area contributed by atoms with Gasteiger partial charge < -0.3 is 13.6 Å². The van der Waals surface area contributed by atoms with Crippen LogP contribution in [0, 0.1) is 0 Å². The molecule has 0 rings (SSSR count). The van der Waals surface area contributed by atoms with Crippen molar-refractivity contribution in [1.29, 1.82) is 0 Å². The first-order valence-corrected chi connectivity index (χ1v) is 11.4. The average molecular weight is 263 g/mol. The number of nitrogens with zero attached hydrogens (tertiary/aromatic N) is 1. The molecule has 0 saturated heterocycles. The molecule has 3 nitrogen and oxygen atoms in total. The molecule has 0 aliphatic heterocycles. The second-order valence-corrected chi connectivity index (χ2v) is 15.8. The van der Waals surface area contributed by atoms with Crippen molar-refractivity contribution in [3.63, 3.8) is 0 Å². The van der Waals surface area contributed by atoms with E-state index in [4.69, 9.17) is 4.43 Å². The Bertz CT molecular complexity index is 217. The Morgan fingerprint density at radius 2 is 1.62 bits per heavy atom. The van der Waals surface area contributed by atoms with Crippen molar-refractivity contribution in [2.75, 3.05) is 20.7 Å². The van der Waals surface area contributed by atoms with E-state index in [9.17, 15) is 0 Å². The van der Waals surface area contributed by atoms with E-state index in [0.29, 0.717) is 0 Å². The van der Waals surface area contributed by atoms with Crippen LogP contribution in [0.25, 0.3) is 0 Å². The van der Waals surface area contributed by atoms with Gasteiger partial charge in [0.1, 0.15) is 8.24 Å². The molecule has 98 valence electrons. The first kappa shape index (κ1) is 16.3. The zero-order chi connectivity index (χ0) is 13.2. The number of hydrogen-bond donors (Lipinski definition) is 1. The Kier molecular flexibility index (Phi) is 5.41. The Morgan fingerprint density at radius 3 is 1.69 bits per heavy atom. The highest BCUT2D eigenvalue weighted by atomic mass is 28.4. The van der Waals surface area contributed by atoms with Crippen LogP contribution in [-0.4, -0.2) is 41.8 Å². The minimum atomic E-state index is -2.06. The second-order valence-electron chi connectivity index (χ2n) is 6.26. The Balaban J connectivity index is 5.49. The maximum absolute atomic E-state index is 6.02. The largest absolute Gasteiger partial charge is 0.395 e. The van der Waals surface area contributed by atoms with Crippen molar-refractivity contribution in [2.45, 2.75) is 52.4 Å². The normalized spacial score (nSPS) is 17.6. The molecule has 0 spiro atoms. The summed E-state index contributed by atoms with van der Waals surface area (Å²) in [4.78, 5) is 3.54. The molecule has 0 aromatic carbocycles. The van der Waals surface area contributed by atoms with Gasteiger partial charge in [-0.25, -0.2) is 0 Å². The second kappa shape index (κ2) is 5.31. The Hall–Kier alpha value is 0.314. The van der Waals surface area contributed by atoms with Crippen LogP contribution < -0.4 is 4.98 Å². The van der Waals surface area contributed by atoms with E-state index in [2.05, 4.69) is 56.5 Å². The van der Waals surface area contributed by atoms with Crippen molar-refractivity contribution < 1.29 is 4.43 Å². The molecule has 5 heteroatoms. The molecule has 0 aromatic heterocycles. The van der Waals surface area contributed by atoms with Gasteiger partial charge in [-0.1, -0.05) is 47.3 Å². The summed E-state index contributed by atoms with van der Waals surface area (Å²) in [5, 5.41) is 0.160. The van der Waals surface area contributed by atoms with Crippen molar-refractivity contribution in [2.24, 2.45) is 0 Å². The molecule has 0 aromatic rings. The van der Waals surface area contributed by atoms with E-state index in [1.165, 1.54) is 0 Å². The van der Waals surface area contributed by atoms with E-state index < -0.39 is 16.9 Å². The highest BCUT2D eigenvalue weighted by Gasteiger charge is 2.54. The first-order valence-electron chi connectivity index (χ1n) is 6.08. The topological polar surface area (TPSA) is 24.5 Å². The molecule has 0 radical (unpaired) electrons. The summed E-state index contributed by atoms with van der Waals surface area (Å²) in [7, 11) is 0.472. The molecule has 1 unspecified atom stereocenters. The average Bonchev–Trinajstić information content (AvgIpc) is 2.09. The van der Waals surface area contributed by atoms with E-state index in [-0.39, 0.29) is 5.04 Å². The third kappa shape index (κ3) is 2.95. The highest BCUT2D eigenvalue weighted by molar-refractivity contribution is 6.88. The molecule has 0 fully saturated rings. The van der Waals surface area contributed by atoms with Gasteiger partial charge in [0.2, 0.25) is 0 Å². The third-order valence-electron chi connectivity index (χ3n) is 3.16. The smallest absolute Gasteiger partial charge is 0.353 e. The maximum atomic E-state index is 6.02. The van der Waals surface area contributed by atoms with Gasteiger partial charge in [-0.3, -0.25) is 0 Å². The predicted octanol–water partition coefficient (Wildman–Crippen LogP) is 2.75. The molecule has 0 heterocycles. The van der Waals surface area contributed by atoms with Crippen molar-refractivity contribution in [3.8, 4) is 0 Å². The van der Waals surface area contributed by atoms with Gasteiger partial charge in [0, 0.05) is 12.1 Å². The molecule has 0 bridgehead atoms. The van der Waals surface area contributed by atoms with Crippen LogP contribution >= 0.6 is 0 Å². The fourth-order valence-electron chi connectivity index (χ4n) is 2.60. The van der Waals surface area contributed by atoms with Crippen molar-refractivity contribution >= 4 is 16.9 Å². The quantitative estimate of drug-likeness (QED) is 0.771. The van der Waals surface area contributed by atoms with Crippen LogP contribution in [0.15, 0.2) is 0 Å². The molecule has 0 aliphatic carbocycles. The SMILES string of the molecule is CCN([Si](C)(C)C)[Si](NC)(OC)C(C)(C)C. The van der Waals surface area contributed by atoms with E-state index in [1.807, 2.05) is 14.2 Å². The molecule has 16 heavy (non-hydrogen) atoms. The summed E-state index contributed by atoms with van der Waals surface area (Å²) in [6.07, 6.45) is 0. The zero-order valence-electron chi connectivity index (χ0n) is 12.6. The Morgan fingerprint density at radius 1 is 1.19 bits per heavy atom. The minimum Gasteiger partial charge on any atom is -0.395 e. The van der Waals surface area contributed by atoms with Gasteiger partial charge in [-0.2, -0.15) is 0 Å². The van der Waals surface area contributed by atoms with Crippen LogP contribution in [0.2, 0.25) is 24.7 Å². The minimum absolute atomic E-state index is 0.160. The predicted molar refractivity (Wildman–Crippen MR) is 77.3 cm³/mol. The molecule has 0 saturated carbocycles. The summed E-state index contributed by atoms with van der Waals surface area (Å²) in [5.74, 6) is 0. The molecular formula is C11H30N2OSi2. The van der Waals surface area contributed by atoms with Gasteiger partial charge in [-0.05, 0) is 13.6 Å². The molecule has 0 amide bonds. The fourth-order valence-corrected chi connectivity index (χ4v) is 12.3. The van der Waals surface area contributed by atoms with Crippen molar-refractivity contribution in [1.82, 2.24) is 9.21 Å². The van der Waals surface area contributed by atoms with Crippen LogP contribution in [0.3, 0.4) is 0 Å². The maximum Gasteiger partial charge on any atom is 0.353 e. The lowest BCUT2D eigenvalue weighted by Crippen LogP contribution is -2.75. The van der Waals surface area contributed by atoms with Crippen molar-refractivity contribution in [3.05, 3.63) is 0 Å². The van der Waals surface area contributed by atoms with E-state index in [1.54, 1.807) is 0 Å². The standard InChI is InChI=1S/C11H30N2OSi2/c1-10-13(15(7,8)9)16(12-5,14-6)11(2,3)4/h12H,10H2,1-9H3. The molecule has 0 aliphatic rings. The number of nitrogens with one attached hydrogen (secondary N) is 1. The Labute approximate surface area is 104 Å². The summed E-state index contributed by atoms with van der Waals surface area (Å²) >= 11 is 0. The molecule has 1 N–H and O–H groups in total. The lowest BCUT2D eigenvalue weighted by Gasteiger charge is -2.52. The number of rotatable bonds is 5. The monoisotopic (exact) mass is 262 g/mol. The summed E-state index contributed by atoms with van der Waals surface area (Å²) < 4.78 is 8.66. The van der Waals surface area contributed by atoms with Gasteiger partial charge in [-0.15, -0.1) is 0 Å². The van der Waals surface area contributed by atoms with E-state index in [0.717, 1.165) is 6.54 Å². The fraction of sp³-hybridized carbons (Fsp3) is 1.00. The van der Waals surface area contributed by atoms with E-state index >= 15 is 0 Å². The van der Waals surface area contributed by atoms with Crippen LogP contribution in [-0.2, 0) is 4.43 Å². The summed E-state index contributed by atoms with van der Waals surface area (Å²) in [6, 6.07) is 0. The van der Waals surface area contributed by atoms with Crippen LogP contribution in [0.1, 0.15) is 27.7 Å². The van der Waals surface area contributed by atoms with Gasteiger partial charge in [0.15, 0.2) is 0 Å². The first-order chi connectivity index (χ1) is 7.06. The number of hydrogen-bond acceptors (Lipinski definition) is 3. The van der Waals surface area contributed by atoms with Crippen LogP contribution in [0.4, 0.5) is 0 Å². The third-order valence-corrected chi connectivity index (χ3v) is 12.4. The van der Waals surface area contributed by atoms with Gasteiger partial charge in [0.05, 0.1) is 0 Å². The summed E-state index contributed by atoms with van der Waals surface area (Å²) in [6.45, 7) is 17.3.